The SMILES string of the molecule is CNCC1CCNC1.COc1cc(-c2cnc(N)c(C(C)C=O)n2)cc(OC)c1OC. The molecule has 1 aliphatic heterocycles. The van der Waals surface area contributed by atoms with Crippen molar-refractivity contribution in [1.29, 1.82) is 0 Å². The fraction of sp³-hybridized carbons (Fsp3) is 0.500. The predicted molar refractivity (Wildman–Crippen MR) is 121 cm³/mol. The standard InChI is InChI=1S/C16H19N3O4.C6H14N2/c1-9(8-20)14-16(17)18-7-11(19-14)10-5-12(21-2)15(23-4)13(6-10)22-3;1-7-4-6-2-3-8-5-6/h5-9H,1-4H3,(H2,17,18);6-8H,2-5H2,1H3. The minimum absolute atomic E-state index is 0.237. The Kier molecular flexibility index (Phi) is 9.48. The summed E-state index contributed by atoms with van der Waals surface area (Å²) in [6.45, 7) is 5.31. The van der Waals surface area contributed by atoms with Gasteiger partial charge >= 0.3 is 0 Å². The van der Waals surface area contributed by atoms with E-state index in [1.54, 1.807) is 19.1 Å². The number of nitrogens with one attached hydrogen (secondary N) is 2. The number of benzene rings is 1. The van der Waals surface area contributed by atoms with E-state index in [1.165, 1.54) is 53.6 Å². The summed E-state index contributed by atoms with van der Waals surface area (Å²) in [6, 6.07) is 3.52. The van der Waals surface area contributed by atoms with E-state index in [1.807, 2.05) is 7.05 Å². The molecule has 1 aliphatic rings. The molecule has 31 heavy (non-hydrogen) atoms. The summed E-state index contributed by atoms with van der Waals surface area (Å²) in [4.78, 5) is 19.6. The van der Waals surface area contributed by atoms with Gasteiger partial charge < -0.3 is 35.4 Å². The van der Waals surface area contributed by atoms with Crippen LogP contribution in [0.4, 0.5) is 5.82 Å². The average molecular weight is 432 g/mol. The van der Waals surface area contributed by atoms with Crippen molar-refractivity contribution in [2.24, 2.45) is 5.92 Å². The number of hydrogen-bond acceptors (Lipinski definition) is 9. The highest BCUT2D eigenvalue weighted by Crippen LogP contribution is 2.41. The van der Waals surface area contributed by atoms with Gasteiger partial charge in [-0.2, -0.15) is 0 Å². The molecule has 1 fully saturated rings. The lowest BCUT2D eigenvalue weighted by atomic mass is 10.1. The number of aldehydes is 1. The Labute approximate surface area is 183 Å². The average Bonchev–Trinajstić information content (AvgIpc) is 3.31. The van der Waals surface area contributed by atoms with E-state index in [0.717, 1.165) is 12.2 Å². The van der Waals surface area contributed by atoms with Crippen molar-refractivity contribution < 1.29 is 19.0 Å². The molecule has 0 aliphatic carbocycles. The lowest BCUT2D eigenvalue weighted by Crippen LogP contribution is -2.20. The summed E-state index contributed by atoms with van der Waals surface area (Å²) in [6.07, 6.45) is 3.66. The Bertz CT molecular complexity index is 831. The summed E-state index contributed by atoms with van der Waals surface area (Å²) < 4.78 is 16.0. The number of nitrogens with zero attached hydrogens (tertiary/aromatic N) is 2. The maximum absolute atomic E-state index is 11.0. The Morgan fingerprint density at radius 1 is 1.26 bits per heavy atom. The molecule has 0 bridgehead atoms. The molecule has 2 atom stereocenters. The van der Waals surface area contributed by atoms with Crippen LogP contribution in [0.25, 0.3) is 11.3 Å². The second kappa shape index (κ2) is 12.1. The van der Waals surface area contributed by atoms with Gasteiger partial charge in [0.05, 0.1) is 44.8 Å². The number of aromatic nitrogens is 2. The molecule has 3 rings (SSSR count). The fourth-order valence-corrected chi connectivity index (χ4v) is 3.36. The molecule has 4 N–H and O–H groups in total. The summed E-state index contributed by atoms with van der Waals surface area (Å²) in [5.74, 6) is 2.19. The molecular weight excluding hydrogens is 398 g/mol. The van der Waals surface area contributed by atoms with E-state index in [2.05, 4.69) is 20.6 Å². The third-order valence-corrected chi connectivity index (χ3v) is 5.08. The maximum atomic E-state index is 11.0. The Morgan fingerprint density at radius 3 is 2.42 bits per heavy atom. The van der Waals surface area contributed by atoms with Gasteiger partial charge in [-0.1, -0.05) is 0 Å². The number of methoxy groups -OCH3 is 3. The first-order valence-electron chi connectivity index (χ1n) is 10.2. The highest BCUT2D eigenvalue weighted by Gasteiger charge is 2.17. The van der Waals surface area contributed by atoms with Crippen molar-refractivity contribution in [2.45, 2.75) is 19.3 Å². The third-order valence-electron chi connectivity index (χ3n) is 5.08. The number of carbonyl (C=O) groups excluding carboxylic acids is 1. The van der Waals surface area contributed by atoms with Crippen LogP contribution in [0.15, 0.2) is 18.3 Å². The zero-order valence-electron chi connectivity index (χ0n) is 18.9. The summed E-state index contributed by atoms with van der Waals surface area (Å²) in [7, 11) is 6.62. The Morgan fingerprint density at radius 2 is 1.94 bits per heavy atom. The van der Waals surface area contributed by atoms with E-state index in [4.69, 9.17) is 19.9 Å². The van der Waals surface area contributed by atoms with Crippen LogP contribution in [0.5, 0.6) is 17.2 Å². The number of rotatable bonds is 8. The molecule has 170 valence electrons. The van der Waals surface area contributed by atoms with Crippen molar-refractivity contribution in [3.8, 4) is 28.5 Å². The van der Waals surface area contributed by atoms with Gasteiger partial charge in [0.15, 0.2) is 11.5 Å². The van der Waals surface area contributed by atoms with Gasteiger partial charge in [-0.05, 0) is 58.1 Å². The van der Waals surface area contributed by atoms with E-state index >= 15 is 0 Å². The molecule has 9 heteroatoms. The maximum Gasteiger partial charge on any atom is 0.203 e. The van der Waals surface area contributed by atoms with Gasteiger partial charge in [0.25, 0.3) is 0 Å². The van der Waals surface area contributed by atoms with E-state index in [-0.39, 0.29) is 5.82 Å². The second-order valence-electron chi connectivity index (χ2n) is 7.28. The first-order chi connectivity index (χ1) is 15.0. The zero-order chi connectivity index (χ0) is 22.8. The lowest BCUT2D eigenvalue weighted by molar-refractivity contribution is -0.108. The van der Waals surface area contributed by atoms with Gasteiger partial charge in [-0.15, -0.1) is 0 Å². The Balaban J connectivity index is 0.000000357. The fourth-order valence-electron chi connectivity index (χ4n) is 3.36. The van der Waals surface area contributed by atoms with Crippen LogP contribution in [0.3, 0.4) is 0 Å². The summed E-state index contributed by atoms with van der Waals surface area (Å²) in [5.41, 5.74) is 7.51. The molecule has 0 radical (unpaired) electrons. The van der Waals surface area contributed by atoms with E-state index in [0.29, 0.717) is 34.2 Å². The van der Waals surface area contributed by atoms with Crippen molar-refractivity contribution in [2.75, 3.05) is 53.7 Å². The molecule has 2 heterocycles. The van der Waals surface area contributed by atoms with Crippen molar-refractivity contribution in [3.05, 3.63) is 24.0 Å². The summed E-state index contributed by atoms with van der Waals surface area (Å²) in [5, 5.41) is 6.49. The molecule has 0 saturated carbocycles. The van der Waals surface area contributed by atoms with Crippen LogP contribution in [-0.2, 0) is 4.79 Å². The van der Waals surface area contributed by atoms with Crippen LogP contribution in [0.2, 0.25) is 0 Å². The zero-order valence-corrected chi connectivity index (χ0v) is 18.9. The molecule has 9 nitrogen and oxygen atoms in total. The number of anilines is 1. The molecule has 2 aromatic rings. The number of ether oxygens (including phenoxy) is 3. The van der Waals surface area contributed by atoms with Crippen molar-refractivity contribution in [3.63, 3.8) is 0 Å². The van der Waals surface area contributed by atoms with Gasteiger partial charge in [0, 0.05) is 5.56 Å². The van der Waals surface area contributed by atoms with E-state index in [9.17, 15) is 4.79 Å². The van der Waals surface area contributed by atoms with Gasteiger partial charge in [-0.25, -0.2) is 9.97 Å². The molecule has 1 aromatic carbocycles. The molecule has 2 unspecified atom stereocenters. The van der Waals surface area contributed by atoms with Crippen LogP contribution in [-0.4, -0.2) is 64.3 Å². The lowest BCUT2D eigenvalue weighted by Gasteiger charge is -2.14. The monoisotopic (exact) mass is 431 g/mol. The number of hydrogen-bond donors (Lipinski definition) is 3. The highest BCUT2D eigenvalue weighted by atomic mass is 16.5. The van der Waals surface area contributed by atoms with Gasteiger partial charge in [0.2, 0.25) is 5.75 Å². The Hall–Kier alpha value is -2.91. The smallest absolute Gasteiger partial charge is 0.203 e. The van der Waals surface area contributed by atoms with Crippen molar-refractivity contribution >= 4 is 12.1 Å². The minimum atomic E-state index is -0.440. The van der Waals surface area contributed by atoms with Crippen LogP contribution < -0.4 is 30.6 Å². The van der Waals surface area contributed by atoms with Crippen LogP contribution >= 0.6 is 0 Å². The van der Waals surface area contributed by atoms with Gasteiger partial charge in [0.1, 0.15) is 12.1 Å². The van der Waals surface area contributed by atoms with Crippen molar-refractivity contribution in [1.82, 2.24) is 20.6 Å². The highest BCUT2D eigenvalue weighted by molar-refractivity contribution is 5.70. The normalized spacial score (nSPS) is 16.1. The third kappa shape index (κ3) is 6.28. The molecular formula is C22H33N5O4. The van der Waals surface area contributed by atoms with Crippen LogP contribution in [0.1, 0.15) is 25.0 Å². The van der Waals surface area contributed by atoms with Crippen LogP contribution in [0, 0.1) is 5.92 Å². The quantitative estimate of drug-likeness (QED) is 0.538. The molecule has 1 aromatic heterocycles. The molecule has 0 spiro atoms. The molecule has 1 saturated heterocycles. The second-order valence-corrected chi connectivity index (χ2v) is 7.28. The predicted octanol–water partition coefficient (Wildman–Crippen LogP) is 1.87. The minimum Gasteiger partial charge on any atom is -0.493 e. The number of carbonyl (C=O) groups is 1. The first kappa shape index (κ1) is 24.4. The largest absolute Gasteiger partial charge is 0.493 e. The number of nitrogen functional groups attached to an aromatic ring is 1. The van der Waals surface area contributed by atoms with Gasteiger partial charge in [-0.3, -0.25) is 0 Å². The topological polar surface area (TPSA) is 121 Å². The number of nitrogens with two attached hydrogens (primary N) is 1. The molecule has 0 amide bonds. The first-order valence-corrected chi connectivity index (χ1v) is 10.2. The van der Waals surface area contributed by atoms with E-state index < -0.39 is 5.92 Å². The summed E-state index contributed by atoms with van der Waals surface area (Å²) >= 11 is 0.